The fraction of sp³-hybridized carbons (Fsp3) is 0.643. The number of hydrogen-bond acceptors (Lipinski definition) is 4. The molecule has 0 aliphatic carbocycles. The molecule has 0 spiro atoms. The third-order valence-corrected chi connectivity index (χ3v) is 3.85. The summed E-state index contributed by atoms with van der Waals surface area (Å²) >= 11 is 0. The van der Waals surface area contributed by atoms with E-state index in [0.717, 1.165) is 31.7 Å². The summed E-state index contributed by atoms with van der Waals surface area (Å²) in [7, 11) is 1.97. The molecule has 2 unspecified atom stereocenters. The Morgan fingerprint density at radius 2 is 2.44 bits per heavy atom. The Morgan fingerprint density at radius 3 is 3.17 bits per heavy atom. The smallest absolute Gasteiger partial charge is 0.128 e. The summed E-state index contributed by atoms with van der Waals surface area (Å²) in [6.07, 6.45) is 3.95. The molecule has 100 valence electrons. The number of rotatable bonds is 5. The van der Waals surface area contributed by atoms with E-state index in [9.17, 15) is 0 Å². The highest BCUT2D eigenvalue weighted by Crippen LogP contribution is 2.25. The summed E-state index contributed by atoms with van der Waals surface area (Å²) in [5, 5.41) is 12.2. The fourth-order valence-corrected chi connectivity index (χ4v) is 2.50. The highest BCUT2D eigenvalue weighted by atomic mass is 16.3. The van der Waals surface area contributed by atoms with Gasteiger partial charge < -0.3 is 15.3 Å². The van der Waals surface area contributed by atoms with Gasteiger partial charge in [-0.3, -0.25) is 0 Å². The molecule has 2 heterocycles. The van der Waals surface area contributed by atoms with E-state index in [1.54, 1.807) is 0 Å². The molecular weight excluding hydrogens is 226 g/mol. The van der Waals surface area contributed by atoms with E-state index in [0.29, 0.717) is 18.6 Å². The predicted molar refractivity (Wildman–Crippen MR) is 73.7 cm³/mol. The van der Waals surface area contributed by atoms with E-state index >= 15 is 0 Å². The Hall–Kier alpha value is -1.13. The van der Waals surface area contributed by atoms with Crippen molar-refractivity contribution in [1.29, 1.82) is 0 Å². The van der Waals surface area contributed by atoms with E-state index in [2.05, 4.69) is 34.3 Å². The van der Waals surface area contributed by atoms with Crippen LogP contribution in [0, 0.1) is 5.92 Å². The lowest BCUT2D eigenvalue weighted by Crippen LogP contribution is -2.22. The molecule has 1 saturated heterocycles. The van der Waals surface area contributed by atoms with Gasteiger partial charge in [-0.25, -0.2) is 4.98 Å². The highest BCUT2D eigenvalue weighted by Gasteiger charge is 2.23. The minimum absolute atomic E-state index is 0.294. The molecular formula is C14H23N3O. The molecule has 0 radical (unpaired) electrons. The lowest BCUT2D eigenvalue weighted by molar-refractivity contribution is 0.263. The van der Waals surface area contributed by atoms with Gasteiger partial charge in [-0.2, -0.15) is 0 Å². The summed E-state index contributed by atoms with van der Waals surface area (Å²) in [4.78, 5) is 6.79. The van der Waals surface area contributed by atoms with E-state index in [1.165, 1.54) is 5.56 Å². The first-order valence-electron chi connectivity index (χ1n) is 6.73. The number of nitrogens with one attached hydrogen (secondary N) is 1. The van der Waals surface area contributed by atoms with Crippen molar-refractivity contribution in [1.82, 2.24) is 10.3 Å². The van der Waals surface area contributed by atoms with Gasteiger partial charge in [0.25, 0.3) is 0 Å². The molecule has 0 saturated carbocycles. The zero-order valence-corrected chi connectivity index (χ0v) is 11.3. The lowest BCUT2D eigenvalue weighted by atomic mass is 10.1. The number of aliphatic hydroxyl groups excluding tert-OH is 1. The van der Waals surface area contributed by atoms with Crippen LogP contribution in [-0.4, -0.2) is 36.8 Å². The topological polar surface area (TPSA) is 48.4 Å². The van der Waals surface area contributed by atoms with Crippen LogP contribution in [0.5, 0.6) is 0 Å². The molecule has 1 aliphatic rings. The molecule has 0 aromatic carbocycles. The normalized spacial score (nSPS) is 21.3. The molecule has 1 aromatic rings. The largest absolute Gasteiger partial charge is 0.396 e. The maximum Gasteiger partial charge on any atom is 0.128 e. The van der Waals surface area contributed by atoms with Gasteiger partial charge in [0.2, 0.25) is 0 Å². The van der Waals surface area contributed by atoms with Gasteiger partial charge in [-0.15, -0.1) is 0 Å². The van der Waals surface area contributed by atoms with Crippen molar-refractivity contribution >= 4 is 5.82 Å². The van der Waals surface area contributed by atoms with Gasteiger partial charge in [-0.05, 0) is 50.4 Å². The first-order chi connectivity index (χ1) is 8.74. The molecule has 1 fully saturated rings. The Labute approximate surface area is 109 Å². The van der Waals surface area contributed by atoms with Crippen LogP contribution in [0.25, 0.3) is 0 Å². The first kappa shape index (κ1) is 13.3. The number of aromatic nitrogens is 1. The maximum absolute atomic E-state index is 8.99. The third kappa shape index (κ3) is 3.00. The molecule has 0 amide bonds. The Balaban J connectivity index is 2.05. The summed E-state index contributed by atoms with van der Waals surface area (Å²) < 4.78 is 0. The van der Waals surface area contributed by atoms with Gasteiger partial charge >= 0.3 is 0 Å². The average Bonchev–Trinajstić information content (AvgIpc) is 2.87. The van der Waals surface area contributed by atoms with E-state index < -0.39 is 0 Å². The Bertz CT molecular complexity index is 383. The summed E-state index contributed by atoms with van der Waals surface area (Å²) in [6.45, 7) is 4.51. The monoisotopic (exact) mass is 249 g/mol. The van der Waals surface area contributed by atoms with Crippen molar-refractivity contribution in [3.8, 4) is 0 Å². The van der Waals surface area contributed by atoms with Gasteiger partial charge in [0.05, 0.1) is 0 Å². The number of hydrogen-bond donors (Lipinski definition) is 2. The summed E-state index contributed by atoms with van der Waals surface area (Å²) in [5.41, 5.74) is 1.27. The zero-order valence-electron chi connectivity index (χ0n) is 11.3. The molecule has 2 N–H and O–H groups in total. The van der Waals surface area contributed by atoms with Gasteiger partial charge in [0.15, 0.2) is 0 Å². The molecule has 2 atom stereocenters. The van der Waals surface area contributed by atoms with Crippen LogP contribution >= 0.6 is 0 Å². The second-order valence-corrected chi connectivity index (χ2v) is 5.07. The van der Waals surface area contributed by atoms with E-state index in [-0.39, 0.29) is 0 Å². The van der Waals surface area contributed by atoms with Crippen LogP contribution in [0.1, 0.15) is 31.4 Å². The quantitative estimate of drug-likeness (QED) is 0.831. The second kappa shape index (κ2) is 6.16. The van der Waals surface area contributed by atoms with Crippen LogP contribution in [-0.2, 0) is 0 Å². The van der Waals surface area contributed by atoms with Gasteiger partial charge in [0.1, 0.15) is 5.82 Å². The molecule has 1 aromatic heterocycles. The first-order valence-corrected chi connectivity index (χ1v) is 6.73. The van der Waals surface area contributed by atoms with Crippen LogP contribution in [0.15, 0.2) is 18.3 Å². The zero-order chi connectivity index (χ0) is 13.0. The number of aliphatic hydroxyl groups is 1. The predicted octanol–water partition coefficient (Wildman–Crippen LogP) is 1.57. The minimum Gasteiger partial charge on any atom is -0.396 e. The second-order valence-electron chi connectivity index (χ2n) is 5.07. The highest BCUT2D eigenvalue weighted by molar-refractivity contribution is 5.42. The minimum atomic E-state index is 0.294. The third-order valence-electron chi connectivity index (χ3n) is 3.85. The van der Waals surface area contributed by atoms with Crippen LogP contribution in [0.3, 0.4) is 0 Å². The molecule has 0 bridgehead atoms. The number of nitrogens with zero attached hydrogens (tertiary/aromatic N) is 2. The van der Waals surface area contributed by atoms with Crippen LogP contribution in [0.4, 0.5) is 5.82 Å². The van der Waals surface area contributed by atoms with Gasteiger partial charge in [-0.1, -0.05) is 0 Å². The molecule has 4 heteroatoms. The van der Waals surface area contributed by atoms with Crippen molar-refractivity contribution < 1.29 is 5.11 Å². The molecule has 4 nitrogen and oxygen atoms in total. The van der Waals surface area contributed by atoms with Crippen LogP contribution < -0.4 is 10.2 Å². The van der Waals surface area contributed by atoms with Crippen molar-refractivity contribution in [2.75, 3.05) is 31.6 Å². The van der Waals surface area contributed by atoms with E-state index in [1.807, 2.05) is 13.2 Å². The van der Waals surface area contributed by atoms with Gasteiger partial charge in [0, 0.05) is 31.9 Å². The molecule has 1 aliphatic heterocycles. The molecule has 2 rings (SSSR count). The average molecular weight is 249 g/mol. The van der Waals surface area contributed by atoms with Crippen molar-refractivity contribution in [3.05, 3.63) is 23.9 Å². The molecule has 18 heavy (non-hydrogen) atoms. The summed E-state index contributed by atoms with van der Waals surface area (Å²) in [5.74, 6) is 1.68. The van der Waals surface area contributed by atoms with Crippen molar-refractivity contribution in [3.63, 3.8) is 0 Å². The SMILES string of the molecule is CNC(C)c1ccnc(N2CCC(CCO)C2)c1. The number of anilines is 1. The lowest BCUT2D eigenvalue weighted by Gasteiger charge is -2.19. The fourth-order valence-electron chi connectivity index (χ4n) is 2.50. The maximum atomic E-state index is 8.99. The van der Waals surface area contributed by atoms with Crippen molar-refractivity contribution in [2.45, 2.75) is 25.8 Å². The standard InChI is InChI=1S/C14H23N3O/c1-11(15-2)13-3-6-16-14(9-13)17-7-4-12(10-17)5-8-18/h3,6,9,11-12,15,18H,4-5,7-8,10H2,1-2H3. The van der Waals surface area contributed by atoms with E-state index in [4.69, 9.17) is 5.11 Å². The van der Waals surface area contributed by atoms with Crippen LogP contribution in [0.2, 0.25) is 0 Å². The summed E-state index contributed by atoms with van der Waals surface area (Å²) in [6, 6.07) is 4.58. The number of pyridine rings is 1. The Kier molecular flexibility index (Phi) is 4.55. The van der Waals surface area contributed by atoms with Crippen molar-refractivity contribution in [2.24, 2.45) is 5.92 Å². The Morgan fingerprint density at radius 1 is 1.61 bits per heavy atom.